The fourth-order valence-corrected chi connectivity index (χ4v) is 4.49. The number of benzene rings is 2. The molecule has 0 fully saturated rings. The van der Waals surface area contributed by atoms with E-state index in [2.05, 4.69) is 5.32 Å². The summed E-state index contributed by atoms with van der Waals surface area (Å²) in [7, 11) is -3.76. The van der Waals surface area contributed by atoms with Crippen LogP contribution in [0.25, 0.3) is 0 Å². The lowest BCUT2D eigenvalue weighted by molar-refractivity contribution is -0.117. The van der Waals surface area contributed by atoms with Crippen molar-refractivity contribution >= 4 is 50.5 Å². The van der Waals surface area contributed by atoms with Crippen LogP contribution in [0.1, 0.15) is 25.8 Å². The molecule has 0 heterocycles. The fourth-order valence-electron chi connectivity index (χ4n) is 2.78. The van der Waals surface area contributed by atoms with Gasteiger partial charge in [-0.3, -0.25) is 9.10 Å². The van der Waals surface area contributed by atoms with Gasteiger partial charge in [-0.15, -0.1) is 0 Å². The largest absolute Gasteiger partial charge is 0.324 e. The number of amides is 1. The molecule has 1 N–H and O–H groups in total. The van der Waals surface area contributed by atoms with Gasteiger partial charge in [0.2, 0.25) is 15.9 Å². The number of carbonyl (C=O) groups is 1. The Bertz CT molecular complexity index is 895. The Kier molecular flexibility index (Phi) is 7.14. The van der Waals surface area contributed by atoms with Gasteiger partial charge >= 0.3 is 0 Å². The molecule has 0 spiro atoms. The normalized spacial score (nSPS) is 12.5. The number of sulfonamides is 1. The number of hydrogen-bond acceptors (Lipinski definition) is 3. The second kappa shape index (κ2) is 8.95. The van der Waals surface area contributed by atoms with Crippen molar-refractivity contribution in [1.82, 2.24) is 0 Å². The SMILES string of the molecule is CCc1ccc(NC(=O)[C@H](CC)N(c2cc(Cl)cc(Cl)c2)S(C)(=O)=O)cc1. The third kappa shape index (κ3) is 5.61. The quantitative estimate of drug-likeness (QED) is 0.692. The van der Waals surface area contributed by atoms with Crippen LogP contribution < -0.4 is 9.62 Å². The lowest BCUT2D eigenvalue weighted by atomic mass is 10.1. The number of halogens is 2. The van der Waals surface area contributed by atoms with Crippen molar-refractivity contribution in [1.29, 1.82) is 0 Å². The molecule has 1 atom stereocenters. The molecule has 0 aromatic heterocycles. The predicted octanol–water partition coefficient (Wildman–Crippen LogP) is 4.74. The second-order valence-electron chi connectivity index (χ2n) is 6.15. The summed E-state index contributed by atoms with van der Waals surface area (Å²) < 4.78 is 26.0. The van der Waals surface area contributed by atoms with E-state index in [0.717, 1.165) is 22.5 Å². The Balaban J connectivity index is 2.37. The molecule has 146 valence electrons. The highest BCUT2D eigenvalue weighted by Gasteiger charge is 2.32. The van der Waals surface area contributed by atoms with Crippen molar-refractivity contribution in [2.45, 2.75) is 32.7 Å². The van der Waals surface area contributed by atoms with Crippen LogP contribution in [0.15, 0.2) is 42.5 Å². The number of hydrogen-bond donors (Lipinski definition) is 1. The molecule has 0 aliphatic heterocycles. The molecule has 1 amide bonds. The Morgan fingerprint density at radius 1 is 1.07 bits per heavy atom. The molecule has 0 saturated carbocycles. The molecule has 2 aromatic rings. The van der Waals surface area contributed by atoms with Crippen molar-refractivity contribution in [2.75, 3.05) is 15.9 Å². The Morgan fingerprint density at radius 3 is 2.07 bits per heavy atom. The molecule has 0 aliphatic carbocycles. The zero-order valence-electron chi connectivity index (χ0n) is 15.4. The third-order valence-electron chi connectivity index (χ3n) is 4.06. The third-order valence-corrected chi connectivity index (χ3v) is 5.68. The van der Waals surface area contributed by atoms with Gasteiger partial charge in [0.05, 0.1) is 11.9 Å². The number of anilines is 2. The lowest BCUT2D eigenvalue weighted by Gasteiger charge is -2.30. The van der Waals surface area contributed by atoms with Gasteiger partial charge in [0.25, 0.3) is 0 Å². The maximum absolute atomic E-state index is 12.8. The van der Waals surface area contributed by atoms with Gasteiger partial charge in [0.15, 0.2) is 0 Å². The molecule has 27 heavy (non-hydrogen) atoms. The molecule has 0 radical (unpaired) electrons. The minimum absolute atomic E-state index is 0.248. The fraction of sp³-hybridized carbons (Fsp3) is 0.316. The van der Waals surface area contributed by atoms with Crippen LogP contribution in [0.4, 0.5) is 11.4 Å². The van der Waals surface area contributed by atoms with Gasteiger partial charge in [-0.25, -0.2) is 8.42 Å². The summed E-state index contributed by atoms with van der Waals surface area (Å²) in [4.78, 5) is 12.8. The van der Waals surface area contributed by atoms with Crippen LogP contribution in [0.2, 0.25) is 10.0 Å². The molecule has 0 saturated heterocycles. The van der Waals surface area contributed by atoms with E-state index in [4.69, 9.17) is 23.2 Å². The molecular formula is C19H22Cl2N2O3S. The van der Waals surface area contributed by atoms with Crippen LogP contribution in [-0.2, 0) is 21.2 Å². The Labute approximate surface area is 170 Å². The maximum atomic E-state index is 12.8. The monoisotopic (exact) mass is 428 g/mol. The van der Waals surface area contributed by atoms with E-state index in [9.17, 15) is 13.2 Å². The van der Waals surface area contributed by atoms with Crippen molar-refractivity contribution in [3.8, 4) is 0 Å². The van der Waals surface area contributed by atoms with E-state index in [1.54, 1.807) is 19.1 Å². The van der Waals surface area contributed by atoms with Crippen molar-refractivity contribution in [3.63, 3.8) is 0 Å². The number of rotatable bonds is 7. The summed E-state index contributed by atoms with van der Waals surface area (Å²) in [5, 5.41) is 3.36. The van der Waals surface area contributed by atoms with E-state index < -0.39 is 22.0 Å². The van der Waals surface area contributed by atoms with Gasteiger partial charge in [0.1, 0.15) is 6.04 Å². The number of nitrogens with zero attached hydrogens (tertiary/aromatic N) is 1. The molecular weight excluding hydrogens is 407 g/mol. The van der Waals surface area contributed by atoms with Crippen LogP contribution in [-0.4, -0.2) is 26.6 Å². The van der Waals surface area contributed by atoms with Crippen molar-refractivity contribution < 1.29 is 13.2 Å². The maximum Gasteiger partial charge on any atom is 0.248 e. The smallest absolute Gasteiger partial charge is 0.248 e. The molecule has 0 bridgehead atoms. The van der Waals surface area contributed by atoms with Gasteiger partial charge in [-0.2, -0.15) is 0 Å². The van der Waals surface area contributed by atoms with E-state index in [1.807, 2.05) is 19.1 Å². The summed E-state index contributed by atoms with van der Waals surface area (Å²) in [5.41, 5.74) is 2.00. The first kappa shape index (κ1) is 21.5. The minimum Gasteiger partial charge on any atom is -0.324 e. The van der Waals surface area contributed by atoms with E-state index in [1.165, 1.54) is 18.2 Å². The van der Waals surface area contributed by atoms with Crippen molar-refractivity contribution in [2.24, 2.45) is 0 Å². The molecule has 2 rings (SSSR count). The van der Waals surface area contributed by atoms with Gasteiger partial charge < -0.3 is 5.32 Å². The molecule has 0 aliphatic rings. The van der Waals surface area contributed by atoms with E-state index >= 15 is 0 Å². The predicted molar refractivity (Wildman–Crippen MR) is 112 cm³/mol. The lowest BCUT2D eigenvalue weighted by Crippen LogP contribution is -2.47. The first-order chi connectivity index (χ1) is 12.7. The molecule has 2 aromatic carbocycles. The Hall–Kier alpha value is -1.76. The molecule has 8 heteroatoms. The number of carbonyl (C=O) groups excluding carboxylic acids is 1. The number of aryl methyl sites for hydroxylation is 1. The topological polar surface area (TPSA) is 66.5 Å². The second-order valence-corrected chi connectivity index (χ2v) is 8.88. The van der Waals surface area contributed by atoms with Crippen LogP contribution in [0.3, 0.4) is 0 Å². The zero-order valence-corrected chi connectivity index (χ0v) is 17.7. The van der Waals surface area contributed by atoms with Gasteiger partial charge in [-0.05, 0) is 48.7 Å². The highest BCUT2D eigenvalue weighted by atomic mass is 35.5. The molecule has 5 nitrogen and oxygen atoms in total. The van der Waals surface area contributed by atoms with E-state index in [0.29, 0.717) is 5.69 Å². The average Bonchev–Trinajstić information content (AvgIpc) is 2.58. The zero-order chi connectivity index (χ0) is 20.2. The summed E-state index contributed by atoms with van der Waals surface area (Å²) in [6.45, 7) is 3.79. The van der Waals surface area contributed by atoms with E-state index in [-0.39, 0.29) is 22.2 Å². The summed E-state index contributed by atoms with van der Waals surface area (Å²) in [6.07, 6.45) is 2.22. The van der Waals surface area contributed by atoms with Gasteiger partial charge in [-0.1, -0.05) is 49.2 Å². The first-order valence-electron chi connectivity index (χ1n) is 8.51. The highest BCUT2D eigenvalue weighted by Crippen LogP contribution is 2.29. The van der Waals surface area contributed by atoms with Crippen LogP contribution >= 0.6 is 23.2 Å². The minimum atomic E-state index is -3.76. The summed E-state index contributed by atoms with van der Waals surface area (Å²) >= 11 is 12.0. The van der Waals surface area contributed by atoms with Gasteiger partial charge in [0, 0.05) is 15.7 Å². The first-order valence-corrected chi connectivity index (χ1v) is 11.1. The Morgan fingerprint density at radius 2 is 1.63 bits per heavy atom. The summed E-state index contributed by atoms with van der Waals surface area (Å²) in [6, 6.07) is 10.9. The average molecular weight is 429 g/mol. The molecule has 0 unspecified atom stereocenters. The summed E-state index contributed by atoms with van der Waals surface area (Å²) in [5.74, 6) is -0.428. The standard InChI is InChI=1S/C19H22Cl2N2O3S/c1-4-13-6-8-16(9-7-13)22-19(24)18(5-2)23(27(3,25)26)17-11-14(20)10-15(21)12-17/h6-12,18H,4-5H2,1-3H3,(H,22,24)/t18-/m0/s1. The highest BCUT2D eigenvalue weighted by molar-refractivity contribution is 7.92. The van der Waals surface area contributed by atoms with Crippen LogP contribution in [0, 0.1) is 0 Å². The number of nitrogens with one attached hydrogen (secondary N) is 1. The van der Waals surface area contributed by atoms with Crippen LogP contribution in [0.5, 0.6) is 0 Å². The van der Waals surface area contributed by atoms with Crippen molar-refractivity contribution in [3.05, 3.63) is 58.1 Å².